The quantitative estimate of drug-likeness (QED) is 0.635. The van der Waals surface area contributed by atoms with Gasteiger partial charge in [0.05, 0.1) is 12.8 Å². The lowest BCUT2D eigenvalue weighted by Gasteiger charge is -2.24. The van der Waals surface area contributed by atoms with Crippen LogP contribution in [0.1, 0.15) is 41.2 Å². The molecule has 1 heterocycles. The predicted molar refractivity (Wildman–Crippen MR) is 102 cm³/mol. The molecule has 1 amide bonds. The summed E-state index contributed by atoms with van der Waals surface area (Å²) in [6.45, 7) is 1.11. The summed E-state index contributed by atoms with van der Waals surface area (Å²) in [6.07, 6.45) is 4.36. The fraction of sp³-hybridized carbons (Fsp3) is 0.261. The van der Waals surface area contributed by atoms with Gasteiger partial charge in [0.15, 0.2) is 0 Å². The summed E-state index contributed by atoms with van der Waals surface area (Å²) >= 11 is 0. The summed E-state index contributed by atoms with van der Waals surface area (Å²) in [5, 5.41) is 0. The zero-order chi connectivity index (χ0) is 17.8. The second-order valence-corrected chi connectivity index (χ2v) is 6.95. The molecule has 3 aromatic rings. The predicted octanol–water partition coefficient (Wildman–Crippen LogP) is 4.93. The van der Waals surface area contributed by atoms with Gasteiger partial charge in [0.1, 0.15) is 5.76 Å². The minimum absolute atomic E-state index is 0.187. The van der Waals surface area contributed by atoms with Crippen LogP contribution in [-0.2, 0) is 24.3 Å². The third kappa shape index (κ3) is 3.72. The average molecular weight is 345 g/mol. The van der Waals surface area contributed by atoms with E-state index >= 15 is 0 Å². The molecule has 132 valence electrons. The number of hydrogen-bond acceptors (Lipinski definition) is 2. The number of carbonyl (C=O) groups excluding carboxylic acids is 1. The molecule has 1 aliphatic carbocycles. The number of furan rings is 1. The molecule has 3 nitrogen and oxygen atoms in total. The molecule has 0 aliphatic heterocycles. The van der Waals surface area contributed by atoms with E-state index in [-0.39, 0.29) is 5.91 Å². The second kappa shape index (κ2) is 7.61. The summed E-state index contributed by atoms with van der Waals surface area (Å²) < 4.78 is 5.48. The molecule has 1 atom stereocenters. The molecule has 26 heavy (non-hydrogen) atoms. The monoisotopic (exact) mass is 345 g/mol. The van der Waals surface area contributed by atoms with Gasteiger partial charge in [-0.1, -0.05) is 54.6 Å². The molecule has 4 rings (SSSR count). The highest BCUT2D eigenvalue weighted by atomic mass is 16.3. The van der Waals surface area contributed by atoms with Crippen molar-refractivity contribution in [1.82, 2.24) is 4.90 Å². The first-order chi connectivity index (χ1) is 12.8. The molecule has 0 N–H and O–H groups in total. The van der Waals surface area contributed by atoms with Gasteiger partial charge in [-0.05, 0) is 47.6 Å². The van der Waals surface area contributed by atoms with Crippen molar-refractivity contribution in [1.29, 1.82) is 0 Å². The number of hydrogen-bond donors (Lipinski definition) is 0. The van der Waals surface area contributed by atoms with Crippen molar-refractivity contribution in [3.63, 3.8) is 0 Å². The molecule has 0 saturated carbocycles. The number of fused-ring (bicyclic) bond motifs is 1. The van der Waals surface area contributed by atoms with Gasteiger partial charge >= 0.3 is 0 Å². The summed E-state index contributed by atoms with van der Waals surface area (Å²) in [6, 6.07) is 22.5. The summed E-state index contributed by atoms with van der Waals surface area (Å²) in [5.41, 5.74) is 3.88. The van der Waals surface area contributed by atoms with Crippen LogP contribution in [0.5, 0.6) is 0 Å². The van der Waals surface area contributed by atoms with E-state index in [9.17, 15) is 4.79 Å². The lowest BCUT2D eigenvalue weighted by molar-refractivity contribution is -0.133. The first-order valence-electron chi connectivity index (χ1n) is 9.21. The Morgan fingerprint density at radius 3 is 2.58 bits per heavy atom. The first kappa shape index (κ1) is 16.6. The van der Waals surface area contributed by atoms with Gasteiger partial charge < -0.3 is 9.32 Å². The molecule has 0 radical (unpaired) electrons. The van der Waals surface area contributed by atoms with E-state index in [2.05, 4.69) is 36.4 Å². The lowest BCUT2D eigenvalue weighted by Crippen LogP contribution is -2.30. The van der Waals surface area contributed by atoms with Crippen LogP contribution < -0.4 is 0 Å². The SMILES string of the molecule is O=C(CC1CCc2ccccc21)N(Cc1ccccc1)Cc1ccco1. The van der Waals surface area contributed by atoms with E-state index in [1.807, 2.05) is 35.2 Å². The Balaban J connectivity index is 1.50. The fourth-order valence-corrected chi connectivity index (χ4v) is 3.82. The maximum atomic E-state index is 13.1. The Labute approximate surface area is 154 Å². The van der Waals surface area contributed by atoms with Crippen LogP contribution >= 0.6 is 0 Å². The minimum atomic E-state index is 0.187. The largest absolute Gasteiger partial charge is 0.467 e. The Hall–Kier alpha value is -2.81. The van der Waals surface area contributed by atoms with E-state index in [0.29, 0.717) is 25.4 Å². The molecule has 0 spiro atoms. The molecular weight excluding hydrogens is 322 g/mol. The third-order valence-electron chi connectivity index (χ3n) is 5.17. The molecule has 1 aromatic heterocycles. The topological polar surface area (TPSA) is 33.5 Å². The zero-order valence-corrected chi connectivity index (χ0v) is 14.8. The number of aryl methyl sites for hydroxylation is 1. The van der Waals surface area contributed by atoms with Crippen molar-refractivity contribution in [3.05, 3.63) is 95.4 Å². The summed E-state index contributed by atoms with van der Waals surface area (Å²) in [5.74, 6) is 1.33. The summed E-state index contributed by atoms with van der Waals surface area (Å²) in [7, 11) is 0. The highest BCUT2D eigenvalue weighted by Crippen LogP contribution is 2.35. The van der Waals surface area contributed by atoms with Crippen molar-refractivity contribution >= 4 is 5.91 Å². The van der Waals surface area contributed by atoms with Crippen molar-refractivity contribution in [2.75, 3.05) is 0 Å². The number of rotatable bonds is 6. The van der Waals surface area contributed by atoms with E-state index in [1.54, 1.807) is 6.26 Å². The van der Waals surface area contributed by atoms with Crippen molar-refractivity contribution in [3.8, 4) is 0 Å². The van der Waals surface area contributed by atoms with Crippen LogP contribution in [0.4, 0.5) is 0 Å². The van der Waals surface area contributed by atoms with Gasteiger partial charge in [-0.15, -0.1) is 0 Å². The van der Waals surface area contributed by atoms with E-state index < -0.39 is 0 Å². The second-order valence-electron chi connectivity index (χ2n) is 6.95. The normalized spacial score (nSPS) is 15.6. The van der Waals surface area contributed by atoms with Crippen molar-refractivity contribution < 1.29 is 9.21 Å². The highest BCUT2D eigenvalue weighted by Gasteiger charge is 2.26. The maximum absolute atomic E-state index is 13.1. The Bertz CT molecular complexity index is 855. The highest BCUT2D eigenvalue weighted by molar-refractivity contribution is 5.77. The number of benzene rings is 2. The lowest BCUT2D eigenvalue weighted by atomic mass is 9.97. The van der Waals surface area contributed by atoms with Crippen LogP contribution in [-0.4, -0.2) is 10.8 Å². The molecule has 2 aromatic carbocycles. The smallest absolute Gasteiger partial charge is 0.223 e. The van der Waals surface area contributed by atoms with Gasteiger partial charge in [0.2, 0.25) is 5.91 Å². The molecule has 1 unspecified atom stereocenters. The van der Waals surface area contributed by atoms with Gasteiger partial charge in [0.25, 0.3) is 0 Å². The molecule has 3 heteroatoms. The van der Waals surface area contributed by atoms with Gasteiger partial charge in [-0.2, -0.15) is 0 Å². The standard InChI is InChI=1S/C23H23NO2/c25-23(15-20-13-12-19-9-4-5-11-22(19)20)24(17-21-10-6-14-26-21)16-18-7-2-1-3-8-18/h1-11,14,20H,12-13,15-17H2. The van der Waals surface area contributed by atoms with E-state index in [1.165, 1.54) is 11.1 Å². The van der Waals surface area contributed by atoms with Gasteiger partial charge in [-0.3, -0.25) is 4.79 Å². The molecule has 0 bridgehead atoms. The third-order valence-corrected chi connectivity index (χ3v) is 5.17. The molecule has 0 saturated heterocycles. The van der Waals surface area contributed by atoms with Crippen LogP contribution in [0.3, 0.4) is 0 Å². The van der Waals surface area contributed by atoms with E-state index in [4.69, 9.17) is 4.42 Å². The van der Waals surface area contributed by atoms with Crippen LogP contribution in [0.25, 0.3) is 0 Å². The van der Waals surface area contributed by atoms with Gasteiger partial charge in [-0.25, -0.2) is 0 Å². The average Bonchev–Trinajstić information content (AvgIpc) is 3.32. The fourth-order valence-electron chi connectivity index (χ4n) is 3.82. The van der Waals surface area contributed by atoms with Crippen LogP contribution in [0.2, 0.25) is 0 Å². The molecule has 1 aliphatic rings. The van der Waals surface area contributed by atoms with Crippen LogP contribution in [0.15, 0.2) is 77.4 Å². The zero-order valence-electron chi connectivity index (χ0n) is 14.8. The van der Waals surface area contributed by atoms with Crippen molar-refractivity contribution in [2.45, 2.75) is 38.3 Å². The first-order valence-corrected chi connectivity index (χ1v) is 9.21. The van der Waals surface area contributed by atoms with Gasteiger partial charge in [0, 0.05) is 13.0 Å². The Morgan fingerprint density at radius 1 is 0.962 bits per heavy atom. The molecular formula is C23H23NO2. The summed E-state index contributed by atoms with van der Waals surface area (Å²) in [4.78, 5) is 15.0. The van der Waals surface area contributed by atoms with Crippen molar-refractivity contribution in [2.24, 2.45) is 0 Å². The Morgan fingerprint density at radius 2 is 1.77 bits per heavy atom. The number of nitrogens with zero attached hydrogens (tertiary/aromatic N) is 1. The maximum Gasteiger partial charge on any atom is 0.223 e. The number of carbonyl (C=O) groups is 1. The molecule has 0 fully saturated rings. The number of amides is 1. The van der Waals surface area contributed by atoms with Crippen LogP contribution in [0, 0.1) is 0 Å². The minimum Gasteiger partial charge on any atom is -0.467 e. The van der Waals surface area contributed by atoms with E-state index in [0.717, 1.165) is 24.2 Å². The Kier molecular flexibility index (Phi) is 4.87.